The molecular formula is C10H16N2O3. The SMILES string of the molecule is CCOC(=O)C(C)(COC)n1cccn1. The van der Waals surface area contributed by atoms with E-state index >= 15 is 0 Å². The predicted octanol–water partition coefficient (Wildman–Crippen LogP) is 0.808. The lowest BCUT2D eigenvalue weighted by Crippen LogP contribution is -2.44. The molecule has 0 radical (unpaired) electrons. The van der Waals surface area contributed by atoms with E-state index in [2.05, 4.69) is 5.10 Å². The van der Waals surface area contributed by atoms with Crippen molar-refractivity contribution in [2.24, 2.45) is 0 Å². The first-order chi connectivity index (χ1) is 7.15. The summed E-state index contributed by atoms with van der Waals surface area (Å²) in [6.45, 7) is 4.09. The highest BCUT2D eigenvalue weighted by Crippen LogP contribution is 2.17. The molecule has 1 unspecified atom stereocenters. The minimum atomic E-state index is -0.895. The van der Waals surface area contributed by atoms with Crippen LogP contribution in [0.3, 0.4) is 0 Å². The molecule has 1 aromatic rings. The molecule has 0 saturated heterocycles. The van der Waals surface area contributed by atoms with E-state index in [1.165, 1.54) is 0 Å². The molecular weight excluding hydrogens is 196 g/mol. The normalized spacial score (nSPS) is 14.6. The Bertz CT molecular complexity index is 310. The highest BCUT2D eigenvalue weighted by atomic mass is 16.5. The summed E-state index contributed by atoms with van der Waals surface area (Å²) in [4.78, 5) is 11.8. The van der Waals surface area contributed by atoms with Gasteiger partial charge in [0, 0.05) is 19.5 Å². The van der Waals surface area contributed by atoms with E-state index in [1.807, 2.05) is 0 Å². The fraction of sp³-hybridized carbons (Fsp3) is 0.600. The zero-order valence-corrected chi connectivity index (χ0v) is 9.27. The van der Waals surface area contributed by atoms with E-state index in [4.69, 9.17) is 9.47 Å². The van der Waals surface area contributed by atoms with Crippen molar-refractivity contribution in [3.63, 3.8) is 0 Å². The summed E-state index contributed by atoms with van der Waals surface area (Å²) in [7, 11) is 1.54. The van der Waals surface area contributed by atoms with Crippen molar-refractivity contribution < 1.29 is 14.3 Å². The molecule has 0 N–H and O–H groups in total. The maximum Gasteiger partial charge on any atom is 0.336 e. The van der Waals surface area contributed by atoms with Gasteiger partial charge in [-0.15, -0.1) is 0 Å². The lowest BCUT2D eigenvalue weighted by atomic mass is 10.1. The summed E-state index contributed by atoms with van der Waals surface area (Å²) < 4.78 is 11.6. The minimum absolute atomic E-state index is 0.230. The molecule has 84 valence electrons. The van der Waals surface area contributed by atoms with Gasteiger partial charge < -0.3 is 9.47 Å². The average Bonchev–Trinajstić information content (AvgIpc) is 2.71. The van der Waals surface area contributed by atoms with Crippen LogP contribution in [0.2, 0.25) is 0 Å². The first kappa shape index (κ1) is 11.7. The summed E-state index contributed by atoms with van der Waals surface area (Å²) in [5.74, 6) is -0.337. The van der Waals surface area contributed by atoms with E-state index in [9.17, 15) is 4.79 Å². The first-order valence-corrected chi connectivity index (χ1v) is 4.81. The summed E-state index contributed by atoms with van der Waals surface area (Å²) in [6.07, 6.45) is 3.34. The maximum atomic E-state index is 11.8. The number of carbonyl (C=O) groups excluding carboxylic acids is 1. The molecule has 0 aliphatic rings. The van der Waals surface area contributed by atoms with Crippen LogP contribution >= 0.6 is 0 Å². The highest BCUT2D eigenvalue weighted by Gasteiger charge is 2.37. The third-order valence-corrected chi connectivity index (χ3v) is 2.15. The smallest absolute Gasteiger partial charge is 0.336 e. The zero-order valence-electron chi connectivity index (χ0n) is 9.27. The van der Waals surface area contributed by atoms with E-state index in [1.54, 1.807) is 44.1 Å². The Kier molecular flexibility index (Phi) is 3.85. The first-order valence-electron chi connectivity index (χ1n) is 4.81. The number of nitrogens with zero attached hydrogens (tertiary/aromatic N) is 2. The topological polar surface area (TPSA) is 53.4 Å². The van der Waals surface area contributed by atoms with Crippen LogP contribution < -0.4 is 0 Å². The van der Waals surface area contributed by atoms with Crippen LogP contribution in [0.5, 0.6) is 0 Å². The monoisotopic (exact) mass is 212 g/mol. The number of aromatic nitrogens is 2. The van der Waals surface area contributed by atoms with Crippen molar-refractivity contribution >= 4 is 5.97 Å². The molecule has 5 heteroatoms. The van der Waals surface area contributed by atoms with Gasteiger partial charge in [-0.3, -0.25) is 4.68 Å². The van der Waals surface area contributed by atoms with Crippen LogP contribution in [0.25, 0.3) is 0 Å². The van der Waals surface area contributed by atoms with Crippen LogP contribution in [-0.2, 0) is 19.8 Å². The van der Waals surface area contributed by atoms with Crippen LogP contribution in [0, 0.1) is 0 Å². The fourth-order valence-electron chi connectivity index (χ4n) is 1.35. The number of carbonyl (C=O) groups is 1. The van der Waals surface area contributed by atoms with Crippen molar-refractivity contribution in [2.75, 3.05) is 20.3 Å². The van der Waals surface area contributed by atoms with Crippen molar-refractivity contribution in [3.05, 3.63) is 18.5 Å². The second-order valence-electron chi connectivity index (χ2n) is 3.38. The number of esters is 1. The number of hydrogen-bond donors (Lipinski definition) is 0. The van der Waals surface area contributed by atoms with Crippen molar-refractivity contribution in [3.8, 4) is 0 Å². The summed E-state index contributed by atoms with van der Waals surface area (Å²) in [5.41, 5.74) is -0.895. The Morgan fingerprint density at radius 2 is 2.33 bits per heavy atom. The van der Waals surface area contributed by atoms with Gasteiger partial charge in [0.25, 0.3) is 0 Å². The number of methoxy groups -OCH3 is 1. The Hall–Kier alpha value is -1.36. The molecule has 0 bridgehead atoms. The molecule has 0 saturated carbocycles. The third-order valence-electron chi connectivity index (χ3n) is 2.15. The van der Waals surface area contributed by atoms with E-state index < -0.39 is 5.54 Å². The van der Waals surface area contributed by atoms with Crippen LogP contribution in [0.1, 0.15) is 13.8 Å². The van der Waals surface area contributed by atoms with Gasteiger partial charge in [-0.2, -0.15) is 5.10 Å². The van der Waals surface area contributed by atoms with Gasteiger partial charge in [0.05, 0.1) is 13.2 Å². The average molecular weight is 212 g/mol. The van der Waals surface area contributed by atoms with E-state index in [0.29, 0.717) is 6.61 Å². The standard InChI is InChI=1S/C10H16N2O3/c1-4-15-9(13)10(2,8-14-3)12-7-5-6-11-12/h5-7H,4,8H2,1-3H3. The van der Waals surface area contributed by atoms with Gasteiger partial charge in [0.2, 0.25) is 0 Å². The molecule has 1 rings (SSSR count). The van der Waals surface area contributed by atoms with Gasteiger partial charge in [0.1, 0.15) is 0 Å². The number of ether oxygens (including phenoxy) is 2. The Labute approximate surface area is 89.0 Å². The zero-order chi connectivity index (χ0) is 11.3. The van der Waals surface area contributed by atoms with Crippen molar-refractivity contribution in [1.82, 2.24) is 9.78 Å². The Morgan fingerprint density at radius 1 is 1.60 bits per heavy atom. The minimum Gasteiger partial charge on any atom is -0.464 e. The lowest BCUT2D eigenvalue weighted by Gasteiger charge is -2.26. The molecule has 5 nitrogen and oxygen atoms in total. The van der Waals surface area contributed by atoms with Gasteiger partial charge >= 0.3 is 5.97 Å². The van der Waals surface area contributed by atoms with Gasteiger partial charge in [-0.1, -0.05) is 0 Å². The molecule has 1 heterocycles. The van der Waals surface area contributed by atoms with Crippen molar-refractivity contribution in [1.29, 1.82) is 0 Å². The predicted molar refractivity (Wildman–Crippen MR) is 54.4 cm³/mol. The van der Waals surface area contributed by atoms with Crippen molar-refractivity contribution in [2.45, 2.75) is 19.4 Å². The summed E-state index contributed by atoms with van der Waals surface area (Å²) >= 11 is 0. The summed E-state index contributed by atoms with van der Waals surface area (Å²) in [5, 5.41) is 4.05. The second-order valence-corrected chi connectivity index (χ2v) is 3.38. The molecule has 15 heavy (non-hydrogen) atoms. The molecule has 1 atom stereocenters. The largest absolute Gasteiger partial charge is 0.464 e. The number of hydrogen-bond acceptors (Lipinski definition) is 4. The number of rotatable bonds is 5. The van der Waals surface area contributed by atoms with Crippen LogP contribution in [0.4, 0.5) is 0 Å². The molecule has 1 aromatic heterocycles. The van der Waals surface area contributed by atoms with Gasteiger partial charge in [-0.05, 0) is 19.9 Å². The Balaban J connectivity index is 2.92. The Morgan fingerprint density at radius 3 is 2.80 bits per heavy atom. The maximum absolute atomic E-state index is 11.8. The van der Waals surface area contributed by atoms with E-state index in [-0.39, 0.29) is 12.6 Å². The molecule has 0 aliphatic heterocycles. The summed E-state index contributed by atoms with van der Waals surface area (Å²) in [6, 6.07) is 1.76. The quantitative estimate of drug-likeness (QED) is 0.678. The van der Waals surface area contributed by atoms with Crippen LogP contribution in [-0.4, -0.2) is 36.1 Å². The molecule has 0 aliphatic carbocycles. The second kappa shape index (κ2) is 4.93. The van der Waals surface area contributed by atoms with Crippen LogP contribution in [0.15, 0.2) is 18.5 Å². The molecule has 0 fully saturated rings. The van der Waals surface area contributed by atoms with E-state index in [0.717, 1.165) is 0 Å². The molecule has 0 amide bonds. The highest BCUT2D eigenvalue weighted by molar-refractivity contribution is 5.78. The fourth-order valence-corrected chi connectivity index (χ4v) is 1.35. The molecule has 0 aromatic carbocycles. The molecule has 0 spiro atoms. The van der Waals surface area contributed by atoms with Gasteiger partial charge in [-0.25, -0.2) is 4.79 Å². The third kappa shape index (κ3) is 2.36. The lowest BCUT2D eigenvalue weighted by molar-refractivity contribution is -0.156. The van der Waals surface area contributed by atoms with Gasteiger partial charge in [0.15, 0.2) is 5.54 Å².